The lowest BCUT2D eigenvalue weighted by Gasteiger charge is -2.41. The molecule has 0 spiro atoms. The number of rotatable bonds is 4. The summed E-state index contributed by atoms with van der Waals surface area (Å²) in [6.07, 6.45) is 5.45. The molecule has 0 bridgehead atoms. The molecule has 1 aliphatic heterocycles. The number of phenolic OH excluding ortho intramolecular Hbond substituents is 1. The van der Waals surface area contributed by atoms with Gasteiger partial charge in [-0.15, -0.1) is 24.8 Å². The van der Waals surface area contributed by atoms with Gasteiger partial charge in [0.05, 0.1) is 11.0 Å². The Hall–Kier alpha value is -1.15. The standard InChI is InChI=1S/C17H24FN3O3.2ClH/c18-15-11-13(21(23)24)10-14(17(15)22)16(12-4-2-1-3-5-12)20-8-6-19-7-9-20;;/h10-12,16,19,22H,1-9H2;2*1H/t16-;;/m1../s1. The van der Waals surface area contributed by atoms with Crippen molar-refractivity contribution in [2.75, 3.05) is 26.2 Å². The van der Waals surface area contributed by atoms with Crippen molar-refractivity contribution in [1.82, 2.24) is 10.2 Å². The molecule has 2 aliphatic rings. The number of nitrogens with zero attached hydrogens (tertiary/aromatic N) is 2. The van der Waals surface area contributed by atoms with Crippen LogP contribution in [-0.4, -0.2) is 41.1 Å². The maximum Gasteiger partial charge on any atom is 0.272 e. The first kappa shape index (κ1) is 22.9. The highest BCUT2D eigenvalue weighted by Crippen LogP contribution is 2.43. The third-order valence-corrected chi connectivity index (χ3v) is 5.25. The van der Waals surface area contributed by atoms with Crippen molar-refractivity contribution in [3.8, 4) is 5.75 Å². The molecule has 1 heterocycles. The van der Waals surface area contributed by atoms with Crippen molar-refractivity contribution in [3.05, 3.63) is 33.6 Å². The number of nitro benzene ring substituents is 1. The van der Waals surface area contributed by atoms with E-state index in [1.165, 1.54) is 12.5 Å². The van der Waals surface area contributed by atoms with E-state index in [0.717, 1.165) is 57.9 Å². The van der Waals surface area contributed by atoms with E-state index in [4.69, 9.17) is 0 Å². The van der Waals surface area contributed by atoms with Crippen LogP contribution in [0.2, 0.25) is 0 Å². The number of halogens is 3. The lowest BCUT2D eigenvalue weighted by molar-refractivity contribution is -0.385. The van der Waals surface area contributed by atoms with Gasteiger partial charge in [-0.25, -0.2) is 4.39 Å². The molecule has 148 valence electrons. The van der Waals surface area contributed by atoms with Crippen LogP contribution in [0.15, 0.2) is 12.1 Å². The molecule has 1 saturated carbocycles. The van der Waals surface area contributed by atoms with E-state index in [0.29, 0.717) is 11.5 Å². The predicted octanol–water partition coefficient (Wildman–Crippen LogP) is 3.81. The Morgan fingerprint density at radius 2 is 1.81 bits per heavy atom. The fourth-order valence-electron chi connectivity index (χ4n) is 4.10. The maximum atomic E-state index is 14.1. The number of benzene rings is 1. The summed E-state index contributed by atoms with van der Waals surface area (Å²) in [4.78, 5) is 12.8. The number of piperazine rings is 1. The van der Waals surface area contributed by atoms with E-state index < -0.39 is 16.5 Å². The third kappa shape index (κ3) is 4.97. The zero-order valence-corrected chi connectivity index (χ0v) is 16.2. The molecule has 0 unspecified atom stereocenters. The SMILES string of the molecule is Cl.Cl.O=[N+]([O-])c1cc(F)c(O)c([C@@H](C2CCCCC2)N2CCNCC2)c1. The number of non-ortho nitro benzene ring substituents is 1. The van der Waals surface area contributed by atoms with Gasteiger partial charge < -0.3 is 10.4 Å². The minimum atomic E-state index is -0.907. The molecule has 1 aliphatic carbocycles. The van der Waals surface area contributed by atoms with Gasteiger partial charge in [0.1, 0.15) is 0 Å². The number of phenols is 1. The quantitative estimate of drug-likeness (QED) is 0.583. The Balaban J connectivity index is 0.00000169. The van der Waals surface area contributed by atoms with Crippen LogP contribution in [0.4, 0.5) is 10.1 Å². The number of aromatic hydroxyl groups is 1. The Morgan fingerprint density at radius 1 is 1.19 bits per heavy atom. The molecule has 0 aromatic heterocycles. The van der Waals surface area contributed by atoms with Gasteiger partial charge in [0.2, 0.25) is 0 Å². The summed E-state index contributed by atoms with van der Waals surface area (Å²) in [5.74, 6) is -1.05. The molecule has 0 radical (unpaired) electrons. The summed E-state index contributed by atoms with van der Waals surface area (Å²) in [6, 6.07) is 2.00. The van der Waals surface area contributed by atoms with E-state index >= 15 is 0 Å². The molecule has 26 heavy (non-hydrogen) atoms. The van der Waals surface area contributed by atoms with Gasteiger partial charge in [-0.1, -0.05) is 19.3 Å². The molecular formula is C17H26Cl2FN3O3. The van der Waals surface area contributed by atoms with Crippen molar-refractivity contribution in [3.63, 3.8) is 0 Å². The van der Waals surface area contributed by atoms with Crippen molar-refractivity contribution < 1.29 is 14.4 Å². The lowest BCUT2D eigenvalue weighted by atomic mass is 9.79. The van der Waals surface area contributed by atoms with Gasteiger partial charge in [0, 0.05) is 43.9 Å². The molecule has 9 heteroatoms. The maximum absolute atomic E-state index is 14.1. The first-order valence-electron chi connectivity index (χ1n) is 8.69. The highest BCUT2D eigenvalue weighted by Gasteiger charge is 2.34. The number of hydrogen-bond donors (Lipinski definition) is 2. The summed E-state index contributed by atoms with van der Waals surface area (Å²) >= 11 is 0. The molecule has 0 amide bonds. The second-order valence-electron chi connectivity index (χ2n) is 6.75. The van der Waals surface area contributed by atoms with Crippen LogP contribution in [0.25, 0.3) is 0 Å². The van der Waals surface area contributed by atoms with E-state index in [1.807, 2.05) is 0 Å². The molecule has 6 nitrogen and oxygen atoms in total. The van der Waals surface area contributed by atoms with Gasteiger partial charge in [0.25, 0.3) is 5.69 Å². The van der Waals surface area contributed by atoms with Gasteiger partial charge in [-0.2, -0.15) is 0 Å². The Labute approximate surface area is 165 Å². The summed E-state index contributed by atoms with van der Waals surface area (Å²) in [5, 5.41) is 24.7. The summed E-state index contributed by atoms with van der Waals surface area (Å²) in [5.41, 5.74) is 0.0757. The molecule has 3 rings (SSSR count). The van der Waals surface area contributed by atoms with Crippen molar-refractivity contribution >= 4 is 30.5 Å². The summed E-state index contributed by atoms with van der Waals surface area (Å²) in [6.45, 7) is 3.26. The zero-order valence-electron chi connectivity index (χ0n) is 14.5. The summed E-state index contributed by atoms with van der Waals surface area (Å²) < 4.78 is 14.1. The van der Waals surface area contributed by atoms with Crippen LogP contribution in [0.5, 0.6) is 5.75 Å². The average Bonchev–Trinajstić information content (AvgIpc) is 2.60. The van der Waals surface area contributed by atoms with Gasteiger partial charge in [0.15, 0.2) is 11.6 Å². The van der Waals surface area contributed by atoms with Gasteiger partial charge >= 0.3 is 0 Å². The van der Waals surface area contributed by atoms with Crippen LogP contribution < -0.4 is 5.32 Å². The molecule has 2 fully saturated rings. The first-order valence-corrected chi connectivity index (χ1v) is 8.69. The lowest BCUT2D eigenvalue weighted by Crippen LogP contribution is -2.47. The largest absolute Gasteiger partial charge is 0.505 e. The fourth-order valence-corrected chi connectivity index (χ4v) is 4.10. The number of hydrogen-bond acceptors (Lipinski definition) is 5. The van der Waals surface area contributed by atoms with E-state index in [9.17, 15) is 19.6 Å². The van der Waals surface area contributed by atoms with Crippen molar-refractivity contribution in [1.29, 1.82) is 0 Å². The van der Waals surface area contributed by atoms with E-state index in [1.54, 1.807) is 0 Å². The average molecular weight is 410 g/mol. The highest BCUT2D eigenvalue weighted by molar-refractivity contribution is 5.85. The zero-order chi connectivity index (χ0) is 17.1. The topological polar surface area (TPSA) is 78.6 Å². The second-order valence-corrected chi connectivity index (χ2v) is 6.75. The molecule has 1 aromatic rings. The van der Waals surface area contributed by atoms with E-state index in [2.05, 4.69) is 10.2 Å². The Kier molecular flexibility index (Phi) is 9.03. The molecule has 1 aromatic carbocycles. The van der Waals surface area contributed by atoms with Crippen molar-refractivity contribution in [2.24, 2.45) is 5.92 Å². The molecule has 1 saturated heterocycles. The van der Waals surface area contributed by atoms with Crippen molar-refractivity contribution in [2.45, 2.75) is 38.1 Å². The smallest absolute Gasteiger partial charge is 0.272 e. The van der Waals surface area contributed by atoms with E-state index in [-0.39, 0.29) is 36.5 Å². The minimum Gasteiger partial charge on any atom is -0.505 e. The number of nitro groups is 1. The Bertz CT molecular complexity index is 591. The van der Waals surface area contributed by atoms with Gasteiger partial charge in [-0.05, 0) is 18.8 Å². The molecular weight excluding hydrogens is 384 g/mol. The van der Waals surface area contributed by atoms with Crippen LogP contribution in [0.1, 0.15) is 43.7 Å². The second kappa shape index (κ2) is 10.3. The molecule has 2 N–H and O–H groups in total. The van der Waals surface area contributed by atoms with Crippen LogP contribution >= 0.6 is 24.8 Å². The Morgan fingerprint density at radius 3 is 2.38 bits per heavy atom. The predicted molar refractivity (Wildman–Crippen MR) is 103 cm³/mol. The minimum absolute atomic E-state index is 0. The normalized spacial score (nSPS) is 19.9. The fraction of sp³-hybridized carbons (Fsp3) is 0.647. The first-order chi connectivity index (χ1) is 11.6. The molecule has 1 atom stereocenters. The van der Waals surface area contributed by atoms with Gasteiger partial charge in [-0.3, -0.25) is 15.0 Å². The van der Waals surface area contributed by atoms with Crippen LogP contribution in [-0.2, 0) is 0 Å². The third-order valence-electron chi connectivity index (χ3n) is 5.25. The highest BCUT2D eigenvalue weighted by atomic mass is 35.5. The van der Waals surface area contributed by atoms with Crippen LogP contribution in [0, 0.1) is 21.8 Å². The number of nitrogens with one attached hydrogen (secondary N) is 1. The monoisotopic (exact) mass is 409 g/mol. The summed E-state index contributed by atoms with van der Waals surface area (Å²) in [7, 11) is 0. The van der Waals surface area contributed by atoms with Crippen LogP contribution in [0.3, 0.4) is 0 Å².